The summed E-state index contributed by atoms with van der Waals surface area (Å²) in [6, 6.07) is 16.0. The maximum absolute atomic E-state index is 12.7. The second-order valence-corrected chi connectivity index (χ2v) is 6.91. The highest BCUT2D eigenvalue weighted by atomic mass is 16.6. The van der Waals surface area contributed by atoms with Crippen molar-refractivity contribution in [3.8, 4) is 11.5 Å². The molecular weight excluding hydrogens is 328 g/mol. The first-order chi connectivity index (χ1) is 12.8. The summed E-state index contributed by atoms with van der Waals surface area (Å²) in [7, 11) is 0. The molecule has 0 unspecified atom stereocenters. The van der Waals surface area contributed by atoms with E-state index in [1.165, 1.54) is 5.56 Å². The summed E-state index contributed by atoms with van der Waals surface area (Å²) in [4.78, 5) is 15.1. The zero-order chi connectivity index (χ0) is 17.8. The topological polar surface area (TPSA) is 50.8 Å². The van der Waals surface area contributed by atoms with Crippen molar-refractivity contribution in [2.75, 3.05) is 31.6 Å². The molecule has 0 aromatic heterocycles. The SMILES string of the molecule is O=C(Nc1ccc2c(c1)OCCO2)[C@H]1CCCN(Cc2ccccc2)C1. The van der Waals surface area contributed by atoms with Crippen LogP contribution in [0.4, 0.5) is 5.69 Å². The van der Waals surface area contributed by atoms with Gasteiger partial charge in [0.1, 0.15) is 13.2 Å². The molecular formula is C21H24N2O3. The van der Waals surface area contributed by atoms with Crippen LogP contribution < -0.4 is 14.8 Å². The quantitative estimate of drug-likeness (QED) is 0.917. The van der Waals surface area contributed by atoms with Crippen LogP contribution in [-0.2, 0) is 11.3 Å². The highest BCUT2D eigenvalue weighted by Crippen LogP contribution is 2.33. The van der Waals surface area contributed by atoms with Gasteiger partial charge in [-0.1, -0.05) is 30.3 Å². The minimum Gasteiger partial charge on any atom is -0.486 e. The zero-order valence-corrected chi connectivity index (χ0v) is 14.8. The maximum Gasteiger partial charge on any atom is 0.228 e. The van der Waals surface area contributed by atoms with Crippen LogP contribution in [0.2, 0.25) is 0 Å². The second-order valence-electron chi connectivity index (χ2n) is 6.91. The van der Waals surface area contributed by atoms with E-state index in [1.807, 2.05) is 24.3 Å². The number of fused-ring (bicyclic) bond motifs is 1. The van der Waals surface area contributed by atoms with Gasteiger partial charge in [-0.15, -0.1) is 0 Å². The fourth-order valence-electron chi connectivity index (χ4n) is 3.62. The number of carbonyl (C=O) groups excluding carboxylic acids is 1. The van der Waals surface area contributed by atoms with Crippen LogP contribution in [0.1, 0.15) is 18.4 Å². The third-order valence-electron chi connectivity index (χ3n) is 4.94. The number of ether oxygens (including phenoxy) is 2. The van der Waals surface area contributed by atoms with E-state index < -0.39 is 0 Å². The van der Waals surface area contributed by atoms with Gasteiger partial charge < -0.3 is 14.8 Å². The molecule has 1 N–H and O–H groups in total. The van der Waals surface area contributed by atoms with Gasteiger partial charge in [-0.3, -0.25) is 9.69 Å². The summed E-state index contributed by atoms with van der Waals surface area (Å²) in [5, 5.41) is 3.05. The van der Waals surface area contributed by atoms with Crippen molar-refractivity contribution in [1.82, 2.24) is 4.90 Å². The van der Waals surface area contributed by atoms with Crippen molar-refractivity contribution < 1.29 is 14.3 Å². The van der Waals surface area contributed by atoms with Crippen LogP contribution >= 0.6 is 0 Å². The Bertz CT molecular complexity index is 763. The van der Waals surface area contributed by atoms with E-state index in [4.69, 9.17) is 9.47 Å². The Morgan fingerprint density at radius 3 is 2.73 bits per heavy atom. The monoisotopic (exact) mass is 352 g/mol. The van der Waals surface area contributed by atoms with Crippen LogP contribution in [0.15, 0.2) is 48.5 Å². The van der Waals surface area contributed by atoms with Crippen LogP contribution in [0.25, 0.3) is 0 Å². The standard InChI is InChI=1S/C21H24N2O3/c24-21(22-18-8-9-19-20(13-18)26-12-11-25-19)17-7-4-10-23(15-17)14-16-5-2-1-3-6-16/h1-3,5-6,8-9,13,17H,4,7,10-12,14-15H2,(H,22,24)/t17-/m0/s1. The molecule has 1 atom stereocenters. The molecule has 0 saturated carbocycles. The van der Waals surface area contributed by atoms with Gasteiger partial charge in [0.05, 0.1) is 5.92 Å². The molecule has 5 heteroatoms. The molecule has 136 valence electrons. The number of benzene rings is 2. The Balaban J connectivity index is 1.37. The fraction of sp³-hybridized carbons (Fsp3) is 0.381. The summed E-state index contributed by atoms with van der Waals surface area (Å²) in [5.41, 5.74) is 2.06. The normalized spacial score (nSPS) is 19.8. The van der Waals surface area contributed by atoms with E-state index in [0.717, 1.165) is 43.9 Å². The van der Waals surface area contributed by atoms with E-state index >= 15 is 0 Å². The molecule has 0 aliphatic carbocycles. The predicted molar refractivity (Wildman–Crippen MR) is 101 cm³/mol. The van der Waals surface area contributed by atoms with Gasteiger partial charge in [-0.25, -0.2) is 0 Å². The first kappa shape index (κ1) is 16.9. The number of carbonyl (C=O) groups is 1. The van der Waals surface area contributed by atoms with Gasteiger partial charge in [0.15, 0.2) is 11.5 Å². The van der Waals surface area contributed by atoms with E-state index in [-0.39, 0.29) is 11.8 Å². The molecule has 4 rings (SSSR count). The molecule has 1 saturated heterocycles. The first-order valence-corrected chi connectivity index (χ1v) is 9.25. The highest BCUT2D eigenvalue weighted by Gasteiger charge is 2.26. The van der Waals surface area contributed by atoms with Gasteiger partial charge in [0, 0.05) is 24.8 Å². The Hall–Kier alpha value is -2.53. The van der Waals surface area contributed by atoms with Crippen LogP contribution in [0.3, 0.4) is 0 Å². The third-order valence-corrected chi connectivity index (χ3v) is 4.94. The molecule has 5 nitrogen and oxygen atoms in total. The molecule has 2 aromatic carbocycles. The zero-order valence-electron chi connectivity index (χ0n) is 14.8. The number of nitrogens with one attached hydrogen (secondary N) is 1. The molecule has 0 bridgehead atoms. The number of hydrogen-bond donors (Lipinski definition) is 1. The van der Waals surface area contributed by atoms with Gasteiger partial charge in [0.25, 0.3) is 0 Å². The molecule has 2 heterocycles. The van der Waals surface area contributed by atoms with Gasteiger partial charge in [-0.2, -0.15) is 0 Å². The summed E-state index contributed by atoms with van der Waals surface area (Å²) in [5.74, 6) is 1.53. The number of amides is 1. The van der Waals surface area contributed by atoms with E-state index in [2.05, 4.69) is 34.5 Å². The van der Waals surface area contributed by atoms with E-state index in [0.29, 0.717) is 19.0 Å². The van der Waals surface area contributed by atoms with Crippen molar-refractivity contribution in [3.05, 3.63) is 54.1 Å². The lowest BCUT2D eigenvalue weighted by Gasteiger charge is -2.32. The largest absolute Gasteiger partial charge is 0.486 e. The summed E-state index contributed by atoms with van der Waals surface area (Å²) in [6.07, 6.45) is 1.98. The smallest absolute Gasteiger partial charge is 0.228 e. The van der Waals surface area contributed by atoms with Crippen molar-refractivity contribution in [2.45, 2.75) is 19.4 Å². The summed E-state index contributed by atoms with van der Waals surface area (Å²) < 4.78 is 11.1. The minimum atomic E-state index is 0.0145. The van der Waals surface area contributed by atoms with Gasteiger partial charge in [0.2, 0.25) is 5.91 Å². The minimum absolute atomic E-state index is 0.0145. The fourth-order valence-corrected chi connectivity index (χ4v) is 3.62. The van der Waals surface area contributed by atoms with E-state index in [1.54, 1.807) is 0 Å². The van der Waals surface area contributed by atoms with Gasteiger partial charge in [-0.05, 0) is 37.1 Å². The Kier molecular flexibility index (Phi) is 5.07. The molecule has 1 fully saturated rings. The molecule has 0 spiro atoms. The van der Waals surface area contributed by atoms with Crippen LogP contribution in [0.5, 0.6) is 11.5 Å². The highest BCUT2D eigenvalue weighted by molar-refractivity contribution is 5.93. The number of piperidine rings is 1. The second kappa shape index (κ2) is 7.79. The van der Waals surface area contributed by atoms with Crippen LogP contribution in [-0.4, -0.2) is 37.1 Å². The predicted octanol–water partition coefficient (Wildman–Crippen LogP) is 3.31. The maximum atomic E-state index is 12.7. The van der Waals surface area contributed by atoms with Crippen molar-refractivity contribution >= 4 is 11.6 Å². The molecule has 26 heavy (non-hydrogen) atoms. The summed E-state index contributed by atoms with van der Waals surface area (Å²) in [6.45, 7) is 3.85. The first-order valence-electron chi connectivity index (χ1n) is 9.25. The lowest BCUT2D eigenvalue weighted by molar-refractivity contribution is -0.121. The Morgan fingerprint density at radius 2 is 1.88 bits per heavy atom. The number of hydrogen-bond acceptors (Lipinski definition) is 4. The van der Waals surface area contributed by atoms with Crippen molar-refractivity contribution in [3.63, 3.8) is 0 Å². The van der Waals surface area contributed by atoms with Crippen molar-refractivity contribution in [1.29, 1.82) is 0 Å². The molecule has 1 amide bonds. The molecule has 0 radical (unpaired) electrons. The average Bonchev–Trinajstić information content (AvgIpc) is 2.69. The molecule has 2 aliphatic rings. The van der Waals surface area contributed by atoms with Gasteiger partial charge >= 0.3 is 0 Å². The number of likely N-dealkylation sites (tertiary alicyclic amines) is 1. The van der Waals surface area contributed by atoms with E-state index in [9.17, 15) is 4.79 Å². The lowest BCUT2D eigenvalue weighted by Crippen LogP contribution is -2.40. The Labute approximate surface area is 153 Å². The number of nitrogens with zero attached hydrogens (tertiary/aromatic N) is 1. The Morgan fingerprint density at radius 1 is 1.08 bits per heavy atom. The molecule has 2 aliphatic heterocycles. The number of rotatable bonds is 4. The van der Waals surface area contributed by atoms with Crippen molar-refractivity contribution in [2.24, 2.45) is 5.92 Å². The number of anilines is 1. The lowest BCUT2D eigenvalue weighted by atomic mass is 9.96. The molecule has 2 aromatic rings. The summed E-state index contributed by atoms with van der Waals surface area (Å²) >= 11 is 0. The third kappa shape index (κ3) is 3.99. The van der Waals surface area contributed by atoms with Crippen LogP contribution in [0, 0.1) is 5.92 Å². The average molecular weight is 352 g/mol.